The number of piperazine rings is 1. The van der Waals surface area contributed by atoms with E-state index in [0.29, 0.717) is 26.2 Å². The van der Waals surface area contributed by atoms with Gasteiger partial charge in [-0.15, -0.1) is 0 Å². The van der Waals surface area contributed by atoms with Crippen LogP contribution in [0, 0.1) is 0 Å². The first kappa shape index (κ1) is 20.4. The molecule has 2 N–H and O–H groups in total. The van der Waals surface area contributed by atoms with Crippen molar-refractivity contribution in [3.05, 3.63) is 23.8 Å². The molecule has 0 unspecified atom stereocenters. The largest absolute Gasteiger partial charge is 0.496 e. The van der Waals surface area contributed by atoms with Crippen molar-refractivity contribution in [2.45, 2.75) is 24.2 Å². The number of rotatable bonds is 3. The number of carbonyl (C=O) groups is 2. The third-order valence-electron chi connectivity index (χ3n) is 5.19. The maximum atomic E-state index is 12.9. The monoisotopic (exact) mass is 410 g/mol. The Kier molecular flexibility index (Phi) is 6.09. The molecule has 3 rings (SSSR count). The smallest absolute Gasteiger partial charge is 0.320 e. The molecule has 0 radical (unpaired) electrons. The fourth-order valence-electron chi connectivity index (χ4n) is 3.59. The highest BCUT2D eigenvalue weighted by Crippen LogP contribution is 2.24. The number of ether oxygens (including phenoxy) is 1. The van der Waals surface area contributed by atoms with E-state index in [-0.39, 0.29) is 28.1 Å². The molecule has 2 heterocycles. The molecule has 10 heteroatoms. The van der Waals surface area contributed by atoms with Gasteiger partial charge in [0, 0.05) is 39.3 Å². The summed E-state index contributed by atoms with van der Waals surface area (Å²) in [5.74, 6) is -0.0587. The van der Waals surface area contributed by atoms with Crippen molar-refractivity contribution in [1.82, 2.24) is 14.7 Å². The minimum Gasteiger partial charge on any atom is -0.496 e. The lowest BCUT2D eigenvalue weighted by molar-refractivity contribution is 0.0629. The van der Waals surface area contributed by atoms with Gasteiger partial charge in [0.15, 0.2) is 0 Å². The molecule has 154 valence electrons. The Morgan fingerprint density at radius 2 is 1.50 bits per heavy atom. The molecular formula is C18H26N4O5S. The van der Waals surface area contributed by atoms with Crippen molar-refractivity contribution < 1.29 is 22.7 Å². The van der Waals surface area contributed by atoms with Gasteiger partial charge >= 0.3 is 6.03 Å². The summed E-state index contributed by atoms with van der Waals surface area (Å²) >= 11 is 0. The minimum atomic E-state index is -3.93. The fourth-order valence-corrected chi connectivity index (χ4v) is 4.13. The molecule has 1 aromatic rings. The van der Waals surface area contributed by atoms with E-state index in [2.05, 4.69) is 0 Å². The Morgan fingerprint density at radius 3 is 2.07 bits per heavy atom. The van der Waals surface area contributed by atoms with E-state index in [1.54, 1.807) is 9.80 Å². The molecule has 0 aliphatic carbocycles. The van der Waals surface area contributed by atoms with Crippen LogP contribution < -0.4 is 9.88 Å². The number of urea groups is 1. The molecule has 0 aromatic heterocycles. The summed E-state index contributed by atoms with van der Waals surface area (Å²) in [5.41, 5.74) is 0.143. The van der Waals surface area contributed by atoms with Crippen LogP contribution in [0.25, 0.3) is 0 Å². The fraction of sp³-hybridized carbons (Fsp3) is 0.556. The van der Waals surface area contributed by atoms with Crippen molar-refractivity contribution in [2.24, 2.45) is 5.14 Å². The van der Waals surface area contributed by atoms with Gasteiger partial charge in [0.05, 0.1) is 17.6 Å². The summed E-state index contributed by atoms with van der Waals surface area (Å²) in [7, 11) is -2.52. The molecular weight excluding hydrogens is 384 g/mol. The van der Waals surface area contributed by atoms with Gasteiger partial charge < -0.3 is 19.4 Å². The zero-order valence-electron chi connectivity index (χ0n) is 16.0. The maximum Gasteiger partial charge on any atom is 0.320 e. The van der Waals surface area contributed by atoms with Crippen molar-refractivity contribution in [3.8, 4) is 5.75 Å². The van der Waals surface area contributed by atoms with Crippen molar-refractivity contribution in [3.63, 3.8) is 0 Å². The summed E-state index contributed by atoms with van der Waals surface area (Å²) in [5, 5.41) is 5.18. The summed E-state index contributed by atoms with van der Waals surface area (Å²) in [4.78, 5) is 30.6. The highest BCUT2D eigenvalue weighted by atomic mass is 32.2. The van der Waals surface area contributed by atoms with Gasteiger partial charge in [-0.1, -0.05) is 0 Å². The standard InChI is InChI=1S/C18H26N4O5S/c1-27-16-6-5-14(28(19,25)26)13-15(16)17(23)20-9-11-22(12-10-20)18(24)21-7-3-2-4-8-21/h5-6,13H,2-4,7-12H2,1H3,(H2,19,25,26). The normalized spacial score (nSPS) is 18.1. The van der Waals surface area contributed by atoms with Crippen molar-refractivity contribution >= 4 is 22.0 Å². The Hall–Kier alpha value is -2.33. The molecule has 2 aliphatic heterocycles. The molecule has 3 amide bonds. The van der Waals surface area contributed by atoms with Gasteiger partial charge in [-0.25, -0.2) is 18.4 Å². The molecule has 0 spiro atoms. The third-order valence-corrected chi connectivity index (χ3v) is 6.10. The number of nitrogens with two attached hydrogens (primary N) is 1. The molecule has 9 nitrogen and oxygen atoms in total. The van der Waals surface area contributed by atoms with Crippen LogP contribution in [0.5, 0.6) is 5.75 Å². The number of hydrogen-bond donors (Lipinski definition) is 1. The molecule has 0 atom stereocenters. The number of piperidine rings is 1. The Labute approximate surface area is 165 Å². The molecule has 28 heavy (non-hydrogen) atoms. The zero-order chi connectivity index (χ0) is 20.3. The Bertz CT molecular complexity index is 844. The maximum absolute atomic E-state index is 12.9. The number of methoxy groups -OCH3 is 1. The second kappa shape index (κ2) is 8.36. The second-order valence-corrected chi connectivity index (χ2v) is 8.58. The van der Waals surface area contributed by atoms with Gasteiger partial charge in [0.1, 0.15) is 5.75 Å². The zero-order valence-corrected chi connectivity index (χ0v) is 16.8. The number of amides is 3. The average Bonchev–Trinajstić information content (AvgIpc) is 2.72. The van der Waals surface area contributed by atoms with Crippen LogP contribution in [0.3, 0.4) is 0 Å². The lowest BCUT2D eigenvalue weighted by Gasteiger charge is -2.38. The summed E-state index contributed by atoms with van der Waals surface area (Å²) < 4.78 is 28.4. The number of likely N-dealkylation sites (tertiary alicyclic amines) is 1. The van der Waals surface area contributed by atoms with Crippen LogP contribution in [0.1, 0.15) is 29.6 Å². The van der Waals surface area contributed by atoms with E-state index >= 15 is 0 Å². The molecule has 0 saturated carbocycles. The number of nitrogens with zero attached hydrogens (tertiary/aromatic N) is 3. The minimum absolute atomic E-state index is 0.0283. The average molecular weight is 410 g/mol. The highest BCUT2D eigenvalue weighted by Gasteiger charge is 2.29. The SMILES string of the molecule is COc1ccc(S(N)(=O)=O)cc1C(=O)N1CCN(C(=O)N2CCCCC2)CC1. The van der Waals surface area contributed by atoms with E-state index < -0.39 is 10.0 Å². The van der Waals surface area contributed by atoms with Crippen LogP contribution in [0.15, 0.2) is 23.1 Å². The number of primary sulfonamides is 1. The van der Waals surface area contributed by atoms with Crippen LogP contribution in [0.2, 0.25) is 0 Å². The summed E-state index contributed by atoms with van der Waals surface area (Å²) in [6, 6.07) is 3.99. The number of sulfonamides is 1. The summed E-state index contributed by atoms with van der Waals surface area (Å²) in [6.07, 6.45) is 3.22. The van der Waals surface area contributed by atoms with E-state index in [0.717, 1.165) is 32.4 Å². The van der Waals surface area contributed by atoms with Crippen LogP contribution in [-0.4, -0.2) is 81.4 Å². The number of carbonyl (C=O) groups excluding carboxylic acids is 2. The first-order valence-corrected chi connectivity index (χ1v) is 10.9. The van der Waals surface area contributed by atoms with Gasteiger partial charge in [-0.3, -0.25) is 4.79 Å². The lowest BCUT2D eigenvalue weighted by atomic mass is 10.1. The molecule has 2 aliphatic rings. The second-order valence-electron chi connectivity index (χ2n) is 7.02. The number of benzene rings is 1. The molecule has 0 bridgehead atoms. The lowest BCUT2D eigenvalue weighted by Crippen LogP contribution is -2.54. The van der Waals surface area contributed by atoms with Crippen LogP contribution in [-0.2, 0) is 10.0 Å². The first-order valence-electron chi connectivity index (χ1n) is 9.35. The summed E-state index contributed by atoms with van der Waals surface area (Å²) in [6.45, 7) is 3.21. The van der Waals surface area contributed by atoms with Gasteiger partial charge in [-0.05, 0) is 37.5 Å². The van der Waals surface area contributed by atoms with E-state index in [1.807, 2.05) is 4.90 Å². The molecule has 2 saturated heterocycles. The van der Waals surface area contributed by atoms with E-state index in [1.165, 1.54) is 25.3 Å². The predicted molar refractivity (Wildman–Crippen MR) is 103 cm³/mol. The van der Waals surface area contributed by atoms with Gasteiger partial charge in [0.25, 0.3) is 5.91 Å². The van der Waals surface area contributed by atoms with Crippen molar-refractivity contribution in [1.29, 1.82) is 0 Å². The van der Waals surface area contributed by atoms with Gasteiger partial charge in [-0.2, -0.15) is 0 Å². The van der Waals surface area contributed by atoms with E-state index in [4.69, 9.17) is 9.88 Å². The van der Waals surface area contributed by atoms with E-state index in [9.17, 15) is 18.0 Å². The van der Waals surface area contributed by atoms with Crippen LogP contribution in [0.4, 0.5) is 4.79 Å². The Balaban J connectivity index is 1.69. The predicted octanol–water partition coefficient (Wildman–Crippen LogP) is 0.706. The quantitative estimate of drug-likeness (QED) is 0.788. The topological polar surface area (TPSA) is 113 Å². The van der Waals surface area contributed by atoms with Crippen molar-refractivity contribution in [2.75, 3.05) is 46.4 Å². The highest BCUT2D eigenvalue weighted by molar-refractivity contribution is 7.89. The van der Waals surface area contributed by atoms with Gasteiger partial charge in [0.2, 0.25) is 10.0 Å². The molecule has 2 fully saturated rings. The molecule has 1 aromatic carbocycles. The first-order chi connectivity index (χ1) is 13.3. The van der Waals surface area contributed by atoms with Crippen LogP contribution >= 0.6 is 0 Å². The Morgan fingerprint density at radius 1 is 0.929 bits per heavy atom. The number of hydrogen-bond acceptors (Lipinski definition) is 5. The third kappa shape index (κ3) is 4.39.